The normalized spacial score (nSPS) is 11.6. The Morgan fingerprint density at radius 2 is 2.00 bits per heavy atom. The number of nitrogens with two attached hydrogens (primary N) is 1. The van der Waals surface area contributed by atoms with Gasteiger partial charge in [0.1, 0.15) is 12.4 Å². The van der Waals surface area contributed by atoms with E-state index in [4.69, 9.17) is 0 Å². The van der Waals surface area contributed by atoms with Crippen molar-refractivity contribution in [2.45, 2.75) is 19.0 Å². The topological polar surface area (TPSA) is 69.0 Å². The lowest BCUT2D eigenvalue weighted by molar-refractivity contribution is -0.692. The first kappa shape index (κ1) is 15.6. The van der Waals surface area contributed by atoms with Crippen molar-refractivity contribution in [1.29, 1.82) is 0 Å². The van der Waals surface area contributed by atoms with Gasteiger partial charge in [0.25, 0.3) is 0 Å². The number of sulfonamides is 1. The van der Waals surface area contributed by atoms with Gasteiger partial charge in [-0.2, -0.15) is 13.2 Å². The van der Waals surface area contributed by atoms with Gasteiger partial charge in [-0.15, -0.1) is 0 Å². The molecule has 0 saturated heterocycles. The van der Waals surface area contributed by atoms with Gasteiger partial charge in [-0.05, 0) is 6.92 Å². The molecule has 0 saturated carbocycles. The summed E-state index contributed by atoms with van der Waals surface area (Å²) in [5.74, 6) is 0. The molecular formula is C8H13F3N3O2S+. The van der Waals surface area contributed by atoms with Crippen LogP contribution in [-0.2, 0) is 16.6 Å². The molecule has 1 heterocycles. The average molecular weight is 272 g/mol. The number of rotatable bonds is 2. The van der Waals surface area contributed by atoms with Gasteiger partial charge in [0.15, 0.2) is 0 Å². The highest BCUT2D eigenvalue weighted by atomic mass is 32.2. The number of aromatic nitrogens is 2. The molecule has 5 nitrogen and oxygen atoms in total. The summed E-state index contributed by atoms with van der Waals surface area (Å²) in [6.07, 6.45) is 7.75. The molecule has 98 valence electrons. The molecule has 1 rings (SSSR count). The molecule has 0 radical (unpaired) electrons. The predicted molar refractivity (Wildman–Crippen MR) is 55.9 cm³/mol. The summed E-state index contributed by atoms with van der Waals surface area (Å²) in [6, 6.07) is 0. The Bertz CT molecular complexity index is 465. The van der Waals surface area contributed by atoms with E-state index >= 15 is 0 Å². The lowest BCUT2D eigenvalue weighted by Gasteiger charge is -1.98. The van der Waals surface area contributed by atoms with E-state index in [1.54, 1.807) is 6.20 Å². The SMILES string of the molecule is C=Cn1cc[n+](CC)c1.NS(=O)(=O)C(F)(F)F. The fraction of sp³-hybridized carbons (Fsp3) is 0.375. The Kier molecular flexibility index (Phi) is 5.36. The first-order valence-corrected chi connectivity index (χ1v) is 5.94. The van der Waals surface area contributed by atoms with Crippen LogP contribution < -0.4 is 9.71 Å². The first-order chi connectivity index (χ1) is 7.61. The number of halogens is 3. The molecule has 0 aliphatic carbocycles. The second-order valence-corrected chi connectivity index (χ2v) is 4.42. The van der Waals surface area contributed by atoms with Crippen LogP contribution in [0.5, 0.6) is 0 Å². The maximum atomic E-state index is 10.8. The summed E-state index contributed by atoms with van der Waals surface area (Å²) in [5, 5.41) is 3.66. The smallest absolute Gasteiger partial charge is 0.237 e. The molecule has 0 unspecified atom stereocenters. The van der Waals surface area contributed by atoms with Crippen molar-refractivity contribution in [3.8, 4) is 0 Å². The lowest BCUT2D eigenvalue weighted by Crippen LogP contribution is -2.30. The van der Waals surface area contributed by atoms with Gasteiger partial charge in [-0.3, -0.25) is 0 Å². The fourth-order valence-electron chi connectivity index (χ4n) is 0.706. The molecule has 17 heavy (non-hydrogen) atoms. The van der Waals surface area contributed by atoms with Crippen molar-refractivity contribution < 1.29 is 26.2 Å². The molecular weight excluding hydrogens is 259 g/mol. The third kappa shape index (κ3) is 5.50. The van der Waals surface area contributed by atoms with E-state index in [1.807, 2.05) is 23.3 Å². The summed E-state index contributed by atoms with van der Waals surface area (Å²) < 4.78 is 55.2. The molecule has 0 spiro atoms. The molecule has 1 aromatic heterocycles. The van der Waals surface area contributed by atoms with Crippen molar-refractivity contribution in [1.82, 2.24) is 4.57 Å². The number of aryl methyl sites for hydroxylation is 1. The summed E-state index contributed by atoms with van der Waals surface area (Å²) in [7, 11) is -5.34. The van der Waals surface area contributed by atoms with Crippen molar-refractivity contribution >= 4 is 16.2 Å². The zero-order chi connectivity index (χ0) is 13.7. The molecule has 9 heteroatoms. The van der Waals surface area contributed by atoms with E-state index in [9.17, 15) is 21.6 Å². The average Bonchev–Trinajstić information content (AvgIpc) is 2.63. The van der Waals surface area contributed by atoms with Crippen LogP contribution in [0.3, 0.4) is 0 Å². The summed E-state index contributed by atoms with van der Waals surface area (Å²) in [6.45, 7) is 6.75. The maximum absolute atomic E-state index is 10.8. The molecule has 1 aromatic rings. The molecule has 0 aliphatic heterocycles. The van der Waals surface area contributed by atoms with Gasteiger partial charge in [-0.1, -0.05) is 6.58 Å². The third-order valence-corrected chi connectivity index (χ3v) is 2.26. The Labute approximate surface area is 97.0 Å². The summed E-state index contributed by atoms with van der Waals surface area (Å²) in [4.78, 5) is 0. The number of hydrogen-bond donors (Lipinski definition) is 1. The lowest BCUT2D eigenvalue weighted by atomic mass is 10.7. The van der Waals surface area contributed by atoms with Crippen LogP contribution in [0.15, 0.2) is 25.3 Å². The van der Waals surface area contributed by atoms with Crippen LogP contribution in [0.1, 0.15) is 6.92 Å². The predicted octanol–water partition coefficient (Wildman–Crippen LogP) is 0.691. The first-order valence-electron chi connectivity index (χ1n) is 4.40. The van der Waals surface area contributed by atoms with Crippen LogP contribution in [0.25, 0.3) is 6.20 Å². The van der Waals surface area contributed by atoms with E-state index < -0.39 is 15.5 Å². The second kappa shape index (κ2) is 5.82. The molecule has 0 aromatic carbocycles. The molecule has 0 atom stereocenters. The Balaban J connectivity index is 0.000000304. The molecule has 0 fully saturated rings. The number of imidazole rings is 1. The molecule has 0 aliphatic rings. The van der Waals surface area contributed by atoms with Crippen molar-refractivity contribution in [2.75, 3.05) is 0 Å². The molecule has 0 amide bonds. The standard InChI is InChI=1S/C7H11N2.CH2F3NO2S/c1-3-8-5-6-9(4-2)7-8;2-1(3,4)8(5,6)7/h3,5-7H,1,4H2,2H3;(H2,5,6,7)/q+1;. The number of nitrogens with zero attached hydrogens (tertiary/aromatic N) is 2. The van der Waals surface area contributed by atoms with E-state index in [1.165, 1.54) is 0 Å². The summed E-state index contributed by atoms with van der Waals surface area (Å²) in [5.41, 5.74) is -5.31. The minimum Gasteiger partial charge on any atom is -0.237 e. The maximum Gasteiger partial charge on any atom is 0.511 e. The van der Waals surface area contributed by atoms with Crippen molar-refractivity contribution in [3.63, 3.8) is 0 Å². The van der Waals surface area contributed by atoms with Crippen LogP contribution >= 0.6 is 0 Å². The highest BCUT2D eigenvalue weighted by molar-refractivity contribution is 7.90. The highest BCUT2D eigenvalue weighted by Gasteiger charge is 2.42. The van der Waals surface area contributed by atoms with Crippen LogP contribution in [0.4, 0.5) is 13.2 Å². The zero-order valence-electron chi connectivity index (χ0n) is 9.05. The monoisotopic (exact) mass is 272 g/mol. The van der Waals surface area contributed by atoms with E-state index in [-0.39, 0.29) is 0 Å². The molecule has 2 N–H and O–H groups in total. The Morgan fingerprint density at radius 3 is 2.18 bits per heavy atom. The molecule has 0 bridgehead atoms. The highest BCUT2D eigenvalue weighted by Crippen LogP contribution is 2.18. The van der Waals surface area contributed by atoms with E-state index in [2.05, 4.69) is 23.2 Å². The van der Waals surface area contributed by atoms with Gasteiger partial charge in [-0.25, -0.2) is 22.7 Å². The van der Waals surface area contributed by atoms with Gasteiger partial charge < -0.3 is 0 Å². The minimum absolute atomic E-state index is 1.01. The number of alkyl halides is 3. The van der Waals surface area contributed by atoms with Gasteiger partial charge in [0.05, 0.1) is 12.7 Å². The van der Waals surface area contributed by atoms with E-state index in [0.29, 0.717) is 0 Å². The van der Waals surface area contributed by atoms with Crippen molar-refractivity contribution in [2.24, 2.45) is 5.14 Å². The number of primary sulfonamides is 1. The Morgan fingerprint density at radius 1 is 1.53 bits per heavy atom. The Hall–Kier alpha value is -1.35. The van der Waals surface area contributed by atoms with E-state index in [0.717, 1.165) is 6.54 Å². The van der Waals surface area contributed by atoms with Crippen molar-refractivity contribution in [3.05, 3.63) is 25.3 Å². The van der Waals surface area contributed by atoms with Crippen LogP contribution in [0.2, 0.25) is 0 Å². The minimum atomic E-state index is -5.34. The number of hydrogen-bond acceptors (Lipinski definition) is 2. The van der Waals surface area contributed by atoms with Gasteiger partial charge in [0, 0.05) is 0 Å². The van der Waals surface area contributed by atoms with Gasteiger partial charge in [0.2, 0.25) is 6.33 Å². The fourth-order valence-corrected chi connectivity index (χ4v) is 0.706. The zero-order valence-corrected chi connectivity index (χ0v) is 9.87. The van der Waals surface area contributed by atoms with Gasteiger partial charge >= 0.3 is 15.5 Å². The largest absolute Gasteiger partial charge is 0.511 e. The quantitative estimate of drug-likeness (QED) is 0.805. The summed E-state index contributed by atoms with van der Waals surface area (Å²) >= 11 is 0. The third-order valence-electron chi connectivity index (χ3n) is 1.61. The van der Waals surface area contributed by atoms with Crippen LogP contribution in [0, 0.1) is 0 Å². The van der Waals surface area contributed by atoms with Crippen LogP contribution in [-0.4, -0.2) is 18.5 Å². The second-order valence-electron chi connectivity index (χ2n) is 2.86.